The molecule has 23 heavy (non-hydrogen) atoms. The van der Waals surface area contributed by atoms with E-state index in [2.05, 4.69) is 15.4 Å². The Morgan fingerprint density at radius 1 is 1.43 bits per heavy atom. The summed E-state index contributed by atoms with van der Waals surface area (Å²) in [6, 6.07) is 0. The van der Waals surface area contributed by atoms with Crippen LogP contribution >= 0.6 is 0 Å². The fourth-order valence-corrected chi connectivity index (χ4v) is 3.38. The largest absolute Gasteiger partial charge is 0.363 e. The van der Waals surface area contributed by atoms with Gasteiger partial charge >= 0.3 is 0 Å². The lowest BCUT2D eigenvalue weighted by molar-refractivity contribution is -0.152. The predicted octanol–water partition coefficient (Wildman–Crippen LogP) is -0.938. The average Bonchev–Trinajstić information content (AvgIpc) is 2.76. The number of nitrogens with one attached hydrogen (secondary N) is 1. The molecule has 0 aliphatic carbocycles. The Morgan fingerprint density at radius 3 is 2.70 bits per heavy atom. The molecule has 1 aromatic heterocycles. The molecule has 0 saturated carbocycles. The molecule has 1 fully saturated rings. The second-order valence-corrected chi connectivity index (χ2v) is 7.84. The topological polar surface area (TPSA) is 106 Å². The highest BCUT2D eigenvalue weighted by molar-refractivity contribution is 7.88. The molecule has 1 atom stereocenters. The van der Waals surface area contributed by atoms with Crippen molar-refractivity contribution in [2.45, 2.75) is 32.9 Å². The Bertz CT molecular complexity index is 687. The first-order valence-electron chi connectivity index (χ1n) is 7.37. The van der Waals surface area contributed by atoms with Crippen LogP contribution in [-0.2, 0) is 26.1 Å². The zero-order valence-electron chi connectivity index (χ0n) is 13.9. The summed E-state index contributed by atoms with van der Waals surface area (Å²) < 4.78 is 31.8. The fraction of sp³-hybridized carbons (Fsp3) is 0.769. The number of morpholine rings is 1. The van der Waals surface area contributed by atoms with Crippen molar-refractivity contribution < 1.29 is 17.9 Å². The van der Waals surface area contributed by atoms with Crippen molar-refractivity contribution in [3.63, 3.8) is 0 Å². The molecule has 1 amide bonds. The lowest BCUT2D eigenvalue weighted by Crippen LogP contribution is -2.59. The number of hydrogen-bond acceptors (Lipinski definition) is 6. The molecule has 0 unspecified atom stereocenters. The van der Waals surface area contributed by atoms with Gasteiger partial charge in [-0.2, -0.15) is 9.40 Å². The molecule has 0 bridgehead atoms. The van der Waals surface area contributed by atoms with Crippen molar-refractivity contribution in [2.24, 2.45) is 0 Å². The molecule has 130 valence electrons. The monoisotopic (exact) mass is 345 g/mol. The number of hydrogen-bond donors (Lipinski definition) is 1. The number of carbonyl (C=O) groups excluding carboxylic acids is 1. The van der Waals surface area contributed by atoms with Gasteiger partial charge in [0.15, 0.2) is 5.60 Å². The van der Waals surface area contributed by atoms with Crippen LogP contribution in [0.1, 0.15) is 18.6 Å². The average molecular weight is 345 g/mol. The Kier molecular flexibility index (Phi) is 5.07. The van der Waals surface area contributed by atoms with E-state index in [0.717, 1.165) is 12.1 Å². The fourth-order valence-electron chi connectivity index (χ4n) is 2.49. The summed E-state index contributed by atoms with van der Waals surface area (Å²) >= 11 is 0. The second kappa shape index (κ2) is 6.54. The zero-order valence-corrected chi connectivity index (χ0v) is 14.7. The molecular formula is C13H23N5O4S. The highest BCUT2D eigenvalue weighted by Crippen LogP contribution is 2.19. The maximum absolute atomic E-state index is 12.4. The Hall–Kier alpha value is -1.52. The van der Waals surface area contributed by atoms with Crippen LogP contribution in [0, 0.1) is 13.8 Å². The third-order valence-corrected chi connectivity index (χ3v) is 5.01. The second-order valence-electron chi connectivity index (χ2n) is 5.86. The maximum Gasteiger partial charge on any atom is 0.253 e. The van der Waals surface area contributed by atoms with E-state index < -0.39 is 15.6 Å². The van der Waals surface area contributed by atoms with E-state index in [9.17, 15) is 13.2 Å². The van der Waals surface area contributed by atoms with Gasteiger partial charge in [0.05, 0.1) is 26.0 Å². The first kappa shape index (κ1) is 17.8. The van der Waals surface area contributed by atoms with Gasteiger partial charge in [0.25, 0.3) is 5.91 Å². The molecule has 0 aromatic carbocycles. The van der Waals surface area contributed by atoms with Crippen molar-refractivity contribution in [2.75, 3.05) is 32.5 Å². The van der Waals surface area contributed by atoms with Crippen LogP contribution in [-0.4, -0.2) is 71.5 Å². The first-order valence-corrected chi connectivity index (χ1v) is 9.22. The van der Waals surface area contributed by atoms with E-state index >= 15 is 0 Å². The summed E-state index contributed by atoms with van der Waals surface area (Å²) in [5.74, 6) is 1.13. The SMILES string of the molecule is Cc1nc(C)n(CCNC(=O)[C@@]2(C)CN(S(C)(=O)=O)CCO2)n1. The molecule has 1 aromatic rings. The number of sulfonamides is 1. The first-order chi connectivity index (χ1) is 10.6. The van der Waals surface area contributed by atoms with Gasteiger partial charge in [0.2, 0.25) is 10.0 Å². The Balaban J connectivity index is 1.93. The van der Waals surface area contributed by atoms with Gasteiger partial charge in [-0.25, -0.2) is 18.1 Å². The minimum Gasteiger partial charge on any atom is -0.363 e. The summed E-state index contributed by atoms with van der Waals surface area (Å²) in [4.78, 5) is 16.6. The van der Waals surface area contributed by atoms with Crippen molar-refractivity contribution >= 4 is 15.9 Å². The molecule has 2 heterocycles. The van der Waals surface area contributed by atoms with Gasteiger partial charge in [-0.3, -0.25) is 4.79 Å². The zero-order chi connectivity index (χ0) is 17.3. The van der Waals surface area contributed by atoms with Gasteiger partial charge in [-0.05, 0) is 20.8 Å². The van der Waals surface area contributed by atoms with Crippen LogP contribution in [0.25, 0.3) is 0 Å². The Labute approximate surface area is 136 Å². The quantitative estimate of drug-likeness (QED) is 0.738. The summed E-state index contributed by atoms with van der Waals surface area (Å²) in [5.41, 5.74) is -1.19. The summed E-state index contributed by atoms with van der Waals surface area (Å²) in [7, 11) is -3.35. The molecule has 0 radical (unpaired) electrons. The van der Waals surface area contributed by atoms with Crippen LogP contribution in [0.15, 0.2) is 0 Å². The van der Waals surface area contributed by atoms with Crippen molar-refractivity contribution in [1.29, 1.82) is 0 Å². The highest BCUT2D eigenvalue weighted by atomic mass is 32.2. The van der Waals surface area contributed by atoms with Crippen LogP contribution in [0.2, 0.25) is 0 Å². The molecule has 1 saturated heterocycles. The third kappa shape index (κ3) is 4.27. The van der Waals surface area contributed by atoms with Gasteiger partial charge in [0, 0.05) is 13.1 Å². The maximum atomic E-state index is 12.4. The normalized spacial score (nSPS) is 23.0. The molecule has 10 heteroatoms. The van der Waals surface area contributed by atoms with Gasteiger partial charge in [-0.1, -0.05) is 0 Å². The van der Waals surface area contributed by atoms with Gasteiger partial charge < -0.3 is 10.1 Å². The standard InChI is InChI=1S/C13H23N5O4S/c1-10-15-11(2)18(16-10)6-5-14-12(19)13(3)9-17(7-8-22-13)23(4,20)21/h5-9H2,1-4H3,(H,14,19)/t13-/m1/s1. The summed E-state index contributed by atoms with van der Waals surface area (Å²) in [6.45, 7) is 6.57. The Morgan fingerprint density at radius 2 is 2.13 bits per heavy atom. The van der Waals surface area contributed by atoms with Crippen LogP contribution in [0.3, 0.4) is 0 Å². The van der Waals surface area contributed by atoms with Gasteiger partial charge in [0.1, 0.15) is 11.6 Å². The number of carbonyl (C=O) groups is 1. The number of rotatable bonds is 5. The number of aromatic nitrogens is 3. The number of ether oxygens (including phenoxy) is 1. The van der Waals surface area contributed by atoms with Crippen molar-refractivity contribution in [3.8, 4) is 0 Å². The van der Waals surface area contributed by atoms with E-state index in [0.29, 0.717) is 18.9 Å². The third-order valence-electron chi connectivity index (χ3n) is 3.76. The number of nitrogens with zero attached hydrogens (tertiary/aromatic N) is 4. The van der Waals surface area contributed by atoms with Crippen LogP contribution < -0.4 is 5.32 Å². The minimum absolute atomic E-state index is 0.0130. The van der Waals surface area contributed by atoms with Crippen LogP contribution in [0.5, 0.6) is 0 Å². The smallest absolute Gasteiger partial charge is 0.253 e. The van der Waals surface area contributed by atoms with Crippen LogP contribution in [0.4, 0.5) is 0 Å². The predicted molar refractivity (Wildman–Crippen MR) is 83.3 cm³/mol. The molecule has 2 rings (SSSR count). The minimum atomic E-state index is -3.35. The number of aryl methyl sites for hydroxylation is 2. The van der Waals surface area contributed by atoms with Crippen molar-refractivity contribution in [1.82, 2.24) is 24.4 Å². The molecule has 1 aliphatic heterocycles. The summed E-state index contributed by atoms with van der Waals surface area (Å²) in [6.07, 6.45) is 1.13. The van der Waals surface area contributed by atoms with Crippen molar-refractivity contribution in [3.05, 3.63) is 11.6 Å². The lowest BCUT2D eigenvalue weighted by Gasteiger charge is -2.37. The van der Waals surface area contributed by atoms with E-state index in [1.807, 2.05) is 6.92 Å². The highest BCUT2D eigenvalue weighted by Gasteiger charge is 2.41. The van der Waals surface area contributed by atoms with E-state index in [-0.39, 0.29) is 25.6 Å². The molecular weight excluding hydrogens is 322 g/mol. The number of amides is 1. The molecule has 9 nitrogen and oxygen atoms in total. The van der Waals surface area contributed by atoms with E-state index in [4.69, 9.17) is 4.74 Å². The molecule has 1 aliphatic rings. The molecule has 0 spiro atoms. The lowest BCUT2D eigenvalue weighted by atomic mass is 10.0. The van der Waals surface area contributed by atoms with Gasteiger partial charge in [-0.15, -0.1) is 0 Å². The summed E-state index contributed by atoms with van der Waals surface area (Å²) in [5, 5.41) is 6.99. The van der Waals surface area contributed by atoms with E-state index in [1.165, 1.54) is 4.31 Å². The van der Waals surface area contributed by atoms with E-state index in [1.54, 1.807) is 18.5 Å². The molecule has 1 N–H and O–H groups in total.